The molecule has 6 aliphatic rings. The van der Waals surface area contributed by atoms with Crippen molar-refractivity contribution in [2.75, 3.05) is 14.2 Å². The predicted molar refractivity (Wildman–Crippen MR) is 79.4 cm³/mol. The smallest absolute Gasteiger partial charge is 0.316 e. The molecule has 4 saturated carbocycles. The van der Waals surface area contributed by atoms with Gasteiger partial charge in [0.2, 0.25) is 0 Å². The maximum atomic E-state index is 12.7. The van der Waals surface area contributed by atoms with E-state index in [0.717, 1.165) is 25.7 Å². The van der Waals surface area contributed by atoms with E-state index in [0.29, 0.717) is 0 Å². The molecule has 126 valence electrons. The van der Waals surface area contributed by atoms with Gasteiger partial charge in [0.15, 0.2) is 0 Å². The van der Waals surface area contributed by atoms with Crippen molar-refractivity contribution < 1.29 is 23.8 Å². The quantitative estimate of drug-likeness (QED) is 0.730. The summed E-state index contributed by atoms with van der Waals surface area (Å²) in [4.78, 5) is 25.5. The predicted octanol–water partition coefficient (Wildman–Crippen LogP) is 2.22. The zero-order valence-corrected chi connectivity index (χ0v) is 13.9. The number of esters is 2. The lowest BCUT2D eigenvalue weighted by molar-refractivity contribution is -0.181. The number of carbonyl (C=O) groups excluding carboxylic acids is 2. The zero-order valence-electron chi connectivity index (χ0n) is 13.9. The molecule has 2 bridgehead atoms. The number of hydrogen-bond donors (Lipinski definition) is 0. The molecule has 0 aromatic rings. The van der Waals surface area contributed by atoms with Gasteiger partial charge in [0.25, 0.3) is 0 Å². The Balaban J connectivity index is 1.62. The number of ether oxygens (including phenoxy) is 3. The van der Waals surface area contributed by atoms with Crippen molar-refractivity contribution in [2.24, 2.45) is 21.7 Å². The lowest BCUT2D eigenvalue weighted by Gasteiger charge is -2.46. The fraction of sp³-hybridized carbons (Fsp3) is 0.889. The van der Waals surface area contributed by atoms with Crippen molar-refractivity contribution in [3.05, 3.63) is 0 Å². The molecule has 0 aromatic heterocycles. The monoisotopic (exact) mass is 320 g/mol. The van der Waals surface area contributed by atoms with Crippen LogP contribution in [-0.2, 0) is 23.8 Å². The zero-order chi connectivity index (χ0) is 16.1. The van der Waals surface area contributed by atoms with Gasteiger partial charge in [-0.2, -0.15) is 0 Å². The molecule has 4 aliphatic carbocycles. The van der Waals surface area contributed by atoms with Gasteiger partial charge in [-0.1, -0.05) is 38.5 Å². The SMILES string of the molecule is COC(=O)C12C3OC4C5(CCCCCCCCC351)C42C(=O)OC. The van der Waals surface area contributed by atoms with Gasteiger partial charge < -0.3 is 14.2 Å². The van der Waals surface area contributed by atoms with Crippen LogP contribution in [0.3, 0.4) is 0 Å². The molecule has 0 amide bonds. The normalized spacial score (nSPS) is 54.9. The van der Waals surface area contributed by atoms with E-state index in [9.17, 15) is 9.59 Å². The Kier molecular flexibility index (Phi) is 2.44. The number of methoxy groups -OCH3 is 2. The molecule has 0 N–H and O–H groups in total. The topological polar surface area (TPSA) is 61.8 Å². The van der Waals surface area contributed by atoms with Crippen LogP contribution in [0, 0.1) is 21.7 Å². The highest BCUT2D eigenvalue weighted by molar-refractivity contribution is 6.05. The molecule has 5 nitrogen and oxygen atoms in total. The molecule has 2 aliphatic heterocycles. The van der Waals surface area contributed by atoms with Crippen molar-refractivity contribution in [1.82, 2.24) is 0 Å². The second-order valence-corrected chi connectivity index (χ2v) is 8.06. The van der Waals surface area contributed by atoms with Crippen LogP contribution in [0.5, 0.6) is 0 Å². The Bertz CT molecular complexity index is 565. The summed E-state index contributed by atoms with van der Waals surface area (Å²) in [7, 11) is 2.85. The molecule has 6 unspecified atom stereocenters. The second-order valence-electron chi connectivity index (χ2n) is 8.06. The Morgan fingerprint density at radius 2 is 1.17 bits per heavy atom. The van der Waals surface area contributed by atoms with Gasteiger partial charge >= 0.3 is 11.9 Å². The summed E-state index contributed by atoms with van der Waals surface area (Å²) in [6.07, 6.45) is 8.92. The highest BCUT2D eigenvalue weighted by Crippen LogP contribution is 3.12. The molecular weight excluding hydrogens is 296 g/mol. The first-order valence-corrected chi connectivity index (χ1v) is 8.97. The van der Waals surface area contributed by atoms with Gasteiger partial charge in [-0.05, 0) is 12.8 Å². The second kappa shape index (κ2) is 3.93. The van der Waals surface area contributed by atoms with Crippen LogP contribution in [0.1, 0.15) is 51.4 Å². The molecule has 2 heterocycles. The molecule has 0 aromatic carbocycles. The Morgan fingerprint density at radius 3 is 1.57 bits per heavy atom. The number of carbonyl (C=O) groups is 2. The van der Waals surface area contributed by atoms with E-state index >= 15 is 0 Å². The Labute approximate surface area is 136 Å². The standard InChI is InChI=1S/C18H24O5/c1-21-13(19)17-11-15(17)9-7-5-3-4-6-8-10-16(15)12(23-11)18(16,17)14(20)22-2/h11-12H,3-10H2,1-2H3. The lowest BCUT2D eigenvalue weighted by Crippen LogP contribution is -2.55. The van der Waals surface area contributed by atoms with Crippen LogP contribution >= 0.6 is 0 Å². The van der Waals surface area contributed by atoms with Crippen molar-refractivity contribution in [1.29, 1.82) is 0 Å². The van der Waals surface area contributed by atoms with Crippen LogP contribution in [0.15, 0.2) is 0 Å². The summed E-state index contributed by atoms with van der Waals surface area (Å²) in [5.41, 5.74) is -1.79. The van der Waals surface area contributed by atoms with E-state index in [1.165, 1.54) is 39.9 Å². The van der Waals surface area contributed by atoms with E-state index in [2.05, 4.69) is 0 Å². The van der Waals surface area contributed by atoms with Gasteiger partial charge in [-0.3, -0.25) is 9.59 Å². The van der Waals surface area contributed by atoms with Crippen LogP contribution in [0.2, 0.25) is 0 Å². The average Bonchev–Trinajstić information content (AvgIpc) is 3.17. The minimum atomic E-state index is -0.744. The average molecular weight is 320 g/mol. The van der Waals surface area contributed by atoms with Gasteiger partial charge in [-0.15, -0.1) is 0 Å². The number of rotatable bonds is 2. The largest absolute Gasteiger partial charge is 0.468 e. The Morgan fingerprint density at radius 1 is 0.783 bits per heavy atom. The summed E-state index contributed by atoms with van der Waals surface area (Å²) >= 11 is 0. The van der Waals surface area contributed by atoms with Crippen molar-refractivity contribution in [3.63, 3.8) is 0 Å². The minimum absolute atomic E-state index is 0.119. The third-order valence-corrected chi connectivity index (χ3v) is 8.02. The van der Waals surface area contributed by atoms with Gasteiger partial charge in [-0.25, -0.2) is 0 Å². The third-order valence-electron chi connectivity index (χ3n) is 8.02. The summed E-state index contributed by atoms with van der Waals surface area (Å²) in [6.45, 7) is 0. The first-order chi connectivity index (χ1) is 11.1. The minimum Gasteiger partial charge on any atom is -0.468 e. The van der Waals surface area contributed by atoms with E-state index in [-0.39, 0.29) is 35.0 Å². The fourth-order valence-corrected chi connectivity index (χ4v) is 7.63. The van der Waals surface area contributed by atoms with E-state index in [1.807, 2.05) is 0 Å². The maximum absolute atomic E-state index is 12.7. The van der Waals surface area contributed by atoms with Crippen LogP contribution in [-0.4, -0.2) is 38.4 Å². The molecule has 0 radical (unpaired) electrons. The van der Waals surface area contributed by atoms with E-state index in [1.54, 1.807) is 0 Å². The summed E-state index contributed by atoms with van der Waals surface area (Å²) in [6, 6.07) is 0. The first kappa shape index (κ1) is 14.3. The third kappa shape index (κ3) is 0.966. The fourth-order valence-electron chi connectivity index (χ4n) is 7.63. The maximum Gasteiger partial charge on any atom is 0.316 e. The molecule has 6 atom stereocenters. The highest BCUT2D eigenvalue weighted by atomic mass is 16.6. The molecule has 2 saturated heterocycles. The lowest BCUT2D eigenvalue weighted by atomic mass is 9.53. The van der Waals surface area contributed by atoms with Gasteiger partial charge in [0.1, 0.15) is 10.8 Å². The van der Waals surface area contributed by atoms with E-state index < -0.39 is 10.8 Å². The summed E-state index contributed by atoms with van der Waals surface area (Å²) < 4.78 is 16.5. The molecule has 6 fully saturated rings. The van der Waals surface area contributed by atoms with Gasteiger partial charge in [0, 0.05) is 10.8 Å². The van der Waals surface area contributed by atoms with Crippen molar-refractivity contribution in [2.45, 2.75) is 63.6 Å². The molecular formula is C18H24O5. The Hall–Kier alpha value is -1.10. The van der Waals surface area contributed by atoms with Crippen LogP contribution in [0.4, 0.5) is 0 Å². The molecule has 2 spiro atoms. The van der Waals surface area contributed by atoms with Crippen molar-refractivity contribution in [3.8, 4) is 0 Å². The summed E-state index contributed by atoms with van der Waals surface area (Å²) in [5.74, 6) is -0.499. The number of hydrogen-bond acceptors (Lipinski definition) is 5. The first-order valence-electron chi connectivity index (χ1n) is 8.97. The molecule has 23 heavy (non-hydrogen) atoms. The summed E-state index contributed by atoms with van der Waals surface area (Å²) in [5, 5.41) is 0. The van der Waals surface area contributed by atoms with Crippen LogP contribution < -0.4 is 0 Å². The van der Waals surface area contributed by atoms with E-state index in [4.69, 9.17) is 14.2 Å². The van der Waals surface area contributed by atoms with Crippen molar-refractivity contribution >= 4 is 11.9 Å². The molecule has 5 heteroatoms. The van der Waals surface area contributed by atoms with Gasteiger partial charge in [0.05, 0.1) is 26.4 Å². The highest BCUT2D eigenvalue weighted by Gasteiger charge is 3.23. The molecule has 6 rings (SSSR count). The van der Waals surface area contributed by atoms with Crippen LogP contribution in [0.25, 0.3) is 0 Å².